The lowest BCUT2D eigenvalue weighted by molar-refractivity contribution is -0.137. The number of aryl methyl sites for hydroxylation is 1. The first kappa shape index (κ1) is 20.6. The van der Waals surface area contributed by atoms with E-state index in [1.165, 1.54) is 18.2 Å². The summed E-state index contributed by atoms with van der Waals surface area (Å²) in [6.07, 6.45) is -3.51. The summed E-state index contributed by atoms with van der Waals surface area (Å²) < 4.78 is 37.8. The van der Waals surface area contributed by atoms with Gasteiger partial charge in [-0.1, -0.05) is 0 Å². The van der Waals surface area contributed by atoms with E-state index < -0.39 is 17.6 Å². The lowest BCUT2D eigenvalue weighted by atomic mass is 10.2. The van der Waals surface area contributed by atoms with Gasteiger partial charge in [-0.25, -0.2) is 9.97 Å². The molecular weight excluding hydrogens is 359 g/mol. The fourth-order valence-corrected chi connectivity index (χ4v) is 2.32. The number of benzene rings is 1. The Balaban J connectivity index is 2.03. The third kappa shape index (κ3) is 6.52. The van der Waals surface area contributed by atoms with E-state index in [1.807, 2.05) is 14.1 Å². The highest BCUT2D eigenvalue weighted by atomic mass is 19.4. The van der Waals surface area contributed by atoms with Crippen molar-refractivity contribution in [3.8, 4) is 0 Å². The fourth-order valence-electron chi connectivity index (χ4n) is 2.32. The first-order valence-corrected chi connectivity index (χ1v) is 8.38. The summed E-state index contributed by atoms with van der Waals surface area (Å²) in [7, 11) is 3.97. The van der Waals surface area contributed by atoms with Crippen LogP contribution in [0.15, 0.2) is 30.3 Å². The van der Waals surface area contributed by atoms with Crippen LogP contribution in [-0.4, -0.2) is 48.0 Å². The third-order valence-electron chi connectivity index (χ3n) is 3.63. The molecule has 0 saturated carbocycles. The van der Waals surface area contributed by atoms with Gasteiger partial charge in [0.15, 0.2) is 0 Å². The van der Waals surface area contributed by atoms with Crippen molar-refractivity contribution in [2.45, 2.75) is 19.5 Å². The van der Waals surface area contributed by atoms with Crippen LogP contribution in [0.1, 0.15) is 28.3 Å². The number of anilines is 2. The van der Waals surface area contributed by atoms with Gasteiger partial charge < -0.3 is 15.5 Å². The molecule has 0 fully saturated rings. The van der Waals surface area contributed by atoms with Crippen molar-refractivity contribution >= 4 is 17.4 Å². The highest BCUT2D eigenvalue weighted by Gasteiger charge is 2.30. The molecule has 0 spiro atoms. The molecule has 1 heterocycles. The zero-order valence-electron chi connectivity index (χ0n) is 15.4. The van der Waals surface area contributed by atoms with Crippen LogP contribution in [0, 0.1) is 6.92 Å². The second-order valence-electron chi connectivity index (χ2n) is 6.30. The van der Waals surface area contributed by atoms with E-state index in [2.05, 4.69) is 25.5 Å². The molecule has 0 bridgehead atoms. The van der Waals surface area contributed by atoms with E-state index in [0.717, 1.165) is 25.1 Å². The quantitative estimate of drug-likeness (QED) is 0.720. The molecular formula is C18H22F3N5O. The van der Waals surface area contributed by atoms with Gasteiger partial charge in [0.2, 0.25) is 0 Å². The predicted molar refractivity (Wildman–Crippen MR) is 97.8 cm³/mol. The molecule has 27 heavy (non-hydrogen) atoms. The van der Waals surface area contributed by atoms with Crippen LogP contribution in [0.2, 0.25) is 0 Å². The summed E-state index contributed by atoms with van der Waals surface area (Å²) >= 11 is 0. The van der Waals surface area contributed by atoms with E-state index >= 15 is 0 Å². The van der Waals surface area contributed by atoms with Gasteiger partial charge in [0.25, 0.3) is 5.91 Å². The van der Waals surface area contributed by atoms with Gasteiger partial charge >= 0.3 is 6.18 Å². The van der Waals surface area contributed by atoms with Gasteiger partial charge in [-0.15, -0.1) is 0 Å². The van der Waals surface area contributed by atoms with Crippen molar-refractivity contribution in [2.24, 2.45) is 0 Å². The number of aromatic nitrogens is 2. The van der Waals surface area contributed by atoms with Crippen molar-refractivity contribution in [1.29, 1.82) is 0 Å². The van der Waals surface area contributed by atoms with Crippen LogP contribution in [-0.2, 0) is 6.18 Å². The number of carbonyl (C=O) groups is 1. The van der Waals surface area contributed by atoms with E-state index in [1.54, 1.807) is 6.92 Å². The van der Waals surface area contributed by atoms with Gasteiger partial charge in [-0.2, -0.15) is 13.2 Å². The normalized spacial score (nSPS) is 11.5. The standard InChI is InChI=1S/C18H22F3N5O/c1-12-23-15(11-16(24-12)22-9-4-10-26(2)3)17(27)25-14-7-5-13(6-8-14)18(19,20)21/h5-8,11H,4,9-10H2,1-3H3,(H,25,27)(H,22,23,24). The monoisotopic (exact) mass is 381 g/mol. The maximum atomic E-state index is 12.6. The summed E-state index contributed by atoms with van der Waals surface area (Å²) in [4.78, 5) is 22.8. The Labute approximate surface area is 155 Å². The number of hydrogen-bond acceptors (Lipinski definition) is 5. The van der Waals surface area contributed by atoms with E-state index in [4.69, 9.17) is 0 Å². The van der Waals surface area contributed by atoms with Crippen LogP contribution in [0.5, 0.6) is 0 Å². The highest BCUT2D eigenvalue weighted by Crippen LogP contribution is 2.29. The molecule has 2 rings (SSSR count). The van der Waals surface area contributed by atoms with Crippen molar-refractivity contribution in [2.75, 3.05) is 37.8 Å². The summed E-state index contributed by atoms with van der Waals surface area (Å²) in [5.41, 5.74) is -0.384. The molecule has 6 nitrogen and oxygen atoms in total. The number of rotatable bonds is 7. The molecule has 0 radical (unpaired) electrons. The minimum atomic E-state index is -4.42. The molecule has 1 aromatic carbocycles. The maximum absolute atomic E-state index is 12.6. The molecule has 146 valence electrons. The molecule has 2 N–H and O–H groups in total. The lowest BCUT2D eigenvalue weighted by Crippen LogP contribution is -2.18. The SMILES string of the molecule is Cc1nc(NCCCN(C)C)cc(C(=O)Nc2ccc(C(F)(F)F)cc2)n1. The maximum Gasteiger partial charge on any atom is 0.416 e. The number of nitrogens with one attached hydrogen (secondary N) is 2. The molecule has 0 unspecified atom stereocenters. The first-order chi connectivity index (χ1) is 12.6. The average Bonchev–Trinajstić information content (AvgIpc) is 2.58. The van der Waals surface area contributed by atoms with Crippen molar-refractivity contribution in [3.63, 3.8) is 0 Å². The number of carbonyl (C=O) groups excluding carboxylic acids is 1. The highest BCUT2D eigenvalue weighted by molar-refractivity contribution is 6.03. The zero-order chi connectivity index (χ0) is 20.0. The topological polar surface area (TPSA) is 70.2 Å². The van der Waals surface area contributed by atoms with Crippen molar-refractivity contribution < 1.29 is 18.0 Å². The van der Waals surface area contributed by atoms with E-state index in [-0.39, 0.29) is 11.4 Å². The van der Waals surface area contributed by atoms with Crippen LogP contribution in [0.25, 0.3) is 0 Å². The number of hydrogen-bond donors (Lipinski definition) is 2. The Kier molecular flexibility index (Phi) is 6.73. The van der Waals surface area contributed by atoms with E-state index in [9.17, 15) is 18.0 Å². The van der Waals surface area contributed by atoms with Gasteiger partial charge in [0.05, 0.1) is 5.56 Å². The predicted octanol–water partition coefficient (Wildman–Crippen LogP) is 3.42. The Morgan fingerprint density at radius 2 is 1.81 bits per heavy atom. The number of amides is 1. The van der Waals surface area contributed by atoms with Gasteiger partial charge in [0, 0.05) is 18.3 Å². The first-order valence-electron chi connectivity index (χ1n) is 8.38. The summed E-state index contributed by atoms with van der Waals surface area (Å²) in [5, 5.41) is 5.68. The summed E-state index contributed by atoms with van der Waals surface area (Å²) in [5.74, 6) is 0.431. The summed E-state index contributed by atoms with van der Waals surface area (Å²) in [6.45, 7) is 3.27. The van der Waals surface area contributed by atoms with Crippen molar-refractivity contribution in [1.82, 2.24) is 14.9 Å². The molecule has 0 aliphatic heterocycles. The third-order valence-corrected chi connectivity index (χ3v) is 3.63. The fraction of sp³-hybridized carbons (Fsp3) is 0.389. The van der Waals surface area contributed by atoms with Crippen molar-refractivity contribution in [3.05, 3.63) is 47.4 Å². The number of halogens is 3. The minimum Gasteiger partial charge on any atom is -0.370 e. The molecule has 0 saturated heterocycles. The Bertz CT molecular complexity index is 776. The van der Waals surface area contributed by atoms with Crippen LogP contribution in [0.3, 0.4) is 0 Å². The van der Waals surface area contributed by atoms with Crippen LogP contribution >= 0.6 is 0 Å². The molecule has 0 aliphatic rings. The lowest BCUT2D eigenvalue weighted by Gasteiger charge is -2.12. The molecule has 1 aromatic heterocycles. The number of alkyl halides is 3. The molecule has 0 atom stereocenters. The Hall–Kier alpha value is -2.68. The number of nitrogens with zero attached hydrogens (tertiary/aromatic N) is 3. The smallest absolute Gasteiger partial charge is 0.370 e. The second-order valence-corrected chi connectivity index (χ2v) is 6.30. The Morgan fingerprint density at radius 3 is 2.41 bits per heavy atom. The largest absolute Gasteiger partial charge is 0.416 e. The molecule has 2 aromatic rings. The van der Waals surface area contributed by atoms with Gasteiger partial charge in [0.1, 0.15) is 17.3 Å². The van der Waals surface area contributed by atoms with Gasteiger partial charge in [-0.3, -0.25) is 4.79 Å². The van der Waals surface area contributed by atoms with E-state index in [0.29, 0.717) is 18.2 Å². The molecule has 9 heteroatoms. The Morgan fingerprint density at radius 1 is 1.15 bits per heavy atom. The minimum absolute atomic E-state index is 0.137. The second kappa shape index (κ2) is 8.81. The zero-order valence-corrected chi connectivity index (χ0v) is 15.4. The average molecular weight is 381 g/mol. The van der Waals surface area contributed by atoms with Gasteiger partial charge in [-0.05, 0) is 58.3 Å². The van der Waals surface area contributed by atoms with Crippen LogP contribution < -0.4 is 10.6 Å². The molecule has 0 aliphatic carbocycles. The molecule has 1 amide bonds. The summed E-state index contributed by atoms with van der Waals surface area (Å²) in [6, 6.07) is 5.75. The van der Waals surface area contributed by atoms with Crippen LogP contribution in [0.4, 0.5) is 24.7 Å².